The number of nitrogens with zero attached hydrogens (tertiary/aromatic N) is 1. The second-order valence-electron chi connectivity index (χ2n) is 4.04. The zero-order valence-corrected chi connectivity index (χ0v) is 13.4. The molecule has 0 aliphatic heterocycles. The maximum atomic E-state index is 11.1. The summed E-state index contributed by atoms with van der Waals surface area (Å²) in [6, 6.07) is 6.32. The first-order valence-electron chi connectivity index (χ1n) is 5.55. The summed E-state index contributed by atoms with van der Waals surface area (Å²) >= 11 is 14.5. The summed E-state index contributed by atoms with van der Waals surface area (Å²) in [7, 11) is 0. The molecule has 0 radical (unpaired) electrons. The number of benzene rings is 1. The highest BCUT2D eigenvalue weighted by Crippen LogP contribution is 2.44. The van der Waals surface area contributed by atoms with Gasteiger partial charge in [-0.15, -0.1) is 11.3 Å². The van der Waals surface area contributed by atoms with Crippen LogP contribution in [0.5, 0.6) is 0 Å². The quantitative estimate of drug-likeness (QED) is 0.613. The fourth-order valence-corrected chi connectivity index (χ4v) is 4.25. The van der Waals surface area contributed by atoms with Crippen LogP contribution < -0.4 is 5.73 Å². The molecule has 0 amide bonds. The Morgan fingerprint density at radius 2 is 2.10 bits per heavy atom. The number of halogens is 2. The molecule has 1 unspecified atom stereocenters. The van der Waals surface area contributed by atoms with Gasteiger partial charge in [-0.3, -0.25) is 10.1 Å². The van der Waals surface area contributed by atoms with E-state index in [1.54, 1.807) is 25.1 Å². The Bertz CT molecular complexity index is 659. The first kappa shape index (κ1) is 15.6. The van der Waals surface area contributed by atoms with Gasteiger partial charge < -0.3 is 5.73 Å². The summed E-state index contributed by atoms with van der Waals surface area (Å²) in [4.78, 5) is 12.2. The number of nitrogens with two attached hydrogens (primary N) is 1. The van der Waals surface area contributed by atoms with E-state index in [0.717, 1.165) is 9.77 Å². The maximum Gasteiger partial charge on any atom is 0.294 e. The molecule has 1 atom stereocenters. The smallest absolute Gasteiger partial charge is 0.294 e. The summed E-state index contributed by atoms with van der Waals surface area (Å²) in [5.41, 5.74) is 5.83. The van der Waals surface area contributed by atoms with Gasteiger partial charge in [-0.25, -0.2) is 0 Å². The average molecular weight is 349 g/mol. The van der Waals surface area contributed by atoms with Crippen LogP contribution in [-0.2, 0) is 0 Å². The number of nitro groups is 1. The topological polar surface area (TPSA) is 69.2 Å². The predicted octanol–water partition coefficient (Wildman–Crippen LogP) is 5.13. The summed E-state index contributed by atoms with van der Waals surface area (Å²) in [5.74, 6) is 0. The Morgan fingerprint density at radius 1 is 1.40 bits per heavy atom. The largest absolute Gasteiger partial charge is 0.324 e. The van der Waals surface area contributed by atoms with Gasteiger partial charge in [-0.05, 0) is 25.1 Å². The highest BCUT2D eigenvalue weighted by atomic mass is 35.5. The molecule has 1 heterocycles. The predicted molar refractivity (Wildman–Crippen MR) is 84.2 cm³/mol. The fraction of sp³-hybridized carbons (Fsp3) is 0.167. The van der Waals surface area contributed by atoms with Gasteiger partial charge in [0.05, 0.1) is 9.95 Å². The van der Waals surface area contributed by atoms with E-state index in [1.165, 1.54) is 29.2 Å². The molecule has 0 bridgehead atoms. The fourth-order valence-electron chi connectivity index (χ4n) is 1.47. The molecule has 1 aromatic carbocycles. The number of rotatable bonds is 4. The molecule has 2 aromatic rings. The average Bonchev–Trinajstić information content (AvgIpc) is 2.77. The molecule has 0 fully saturated rings. The lowest BCUT2D eigenvalue weighted by atomic mass is 10.3. The molecule has 1 aromatic heterocycles. The van der Waals surface area contributed by atoms with E-state index in [4.69, 9.17) is 28.9 Å². The van der Waals surface area contributed by atoms with Gasteiger partial charge in [-0.2, -0.15) is 0 Å². The first-order valence-corrected chi connectivity index (χ1v) is 7.94. The molecule has 20 heavy (non-hydrogen) atoms. The Morgan fingerprint density at radius 3 is 2.65 bits per heavy atom. The van der Waals surface area contributed by atoms with Crippen molar-refractivity contribution in [3.05, 3.63) is 49.3 Å². The lowest BCUT2D eigenvalue weighted by Crippen LogP contribution is -2.01. The van der Waals surface area contributed by atoms with Gasteiger partial charge >= 0.3 is 0 Å². The van der Waals surface area contributed by atoms with Crippen molar-refractivity contribution >= 4 is 52.0 Å². The molecule has 2 rings (SSSR count). The van der Waals surface area contributed by atoms with E-state index in [-0.39, 0.29) is 11.7 Å². The monoisotopic (exact) mass is 348 g/mol. The molecule has 2 N–H and O–H groups in total. The molecule has 0 aliphatic rings. The van der Waals surface area contributed by atoms with Crippen LogP contribution in [-0.4, -0.2) is 4.92 Å². The van der Waals surface area contributed by atoms with Crippen molar-refractivity contribution < 1.29 is 4.92 Å². The molecule has 0 saturated heterocycles. The third-order valence-corrected chi connectivity index (χ3v) is 5.69. The highest BCUT2D eigenvalue weighted by Gasteiger charge is 2.22. The van der Waals surface area contributed by atoms with Gasteiger partial charge in [-0.1, -0.05) is 35.0 Å². The minimum Gasteiger partial charge on any atom is -0.324 e. The molecule has 0 aliphatic carbocycles. The molecule has 0 saturated carbocycles. The lowest BCUT2D eigenvalue weighted by Gasteiger charge is -2.02. The zero-order valence-electron chi connectivity index (χ0n) is 10.3. The van der Waals surface area contributed by atoms with Crippen molar-refractivity contribution in [3.8, 4) is 0 Å². The van der Waals surface area contributed by atoms with Crippen LogP contribution in [0.25, 0.3) is 0 Å². The Labute approximate surface area is 134 Å². The van der Waals surface area contributed by atoms with Gasteiger partial charge in [0.1, 0.15) is 4.21 Å². The molecule has 4 nitrogen and oxygen atoms in total. The van der Waals surface area contributed by atoms with Crippen LogP contribution in [0.15, 0.2) is 33.4 Å². The van der Waals surface area contributed by atoms with E-state index >= 15 is 0 Å². The third-order valence-electron chi connectivity index (χ3n) is 2.44. The standard InChI is InChI=1S/C12H10Cl2N2O2S2/c1-6(15)11-5-9(16(17)18)12(20-11)19-10-3-2-7(13)4-8(10)14/h2-6H,15H2,1H3. The van der Waals surface area contributed by atoms with Crippen molar-refractivity contribution in [2.45, 2.75) is 22.1 Å². The lowest BCUT2D eigenvalue weighted by molar-refractivity contribution is -0.387. The molecule has 106 valence electrons. The van der Waals surface area contributed by atoms with Crippen molar-refractivity contribution in [3.63, 3.8) is 0 Å². The Kier molecular flexibility index (Phi) is 4.93. The summed E-state index contributed by atoms with van der Waals surface area (Å²) < 4.78 is 0.562. The van der Waals surface area contributed by atoms with E-state index in [1.807, 2.05) is 0 Å². The first-order chi connectivity index (χ1) is 9.38. The van der Waals surface area contributed by atoms with Crippen LogP contribution in [0, 0.1) is 10.1 Å². The Balaban J connectivity index is 2.39. The molecule has 0 spiro atoms. The Hall–Kier alpha value is -0.790. The van der Waals surface area contributed by atoms with Crippen LogP contribution >= 0.6 is 46.3 Å². The van der Waals surface area contributed by atoms with Gasteiger partial charge in [0.15, 0.2) is 0 Å². The van der Waals surface area contributed by atoms with Crippen LogP contribution in [0.3, 0.4) is 0 Å². The summed E-state index contributed by atoms with van der Waals surface area (Å²) in [5, 5.41) is 12.1. The normalized spacial score (nSPS) is 12.4. The molecular formula is C12H10Cl2N2O2S2. The second-order valence-corrected chi connectivity index (χ2v) is 7.28. The minimum absolute atomic E-state index is 0.0540. The third kappa shape index (κ3) is 3.45. The van der Waals surface area contributed by atoms with E-state index in [2.05, 4.69) is 0 Å². The van der Waals surface area contributed by atoms with Gasteiger partial charge in [0, 0.05) is 26.9 Å². The minimum atomic E-state index is -0.408. The SMILES string of the molecule is CC(N)c1cc([N+](=O)[O-])c(Sc2ccc(Cl)cc2Cl)s1. The van der Waals surface area contributed by atoms with Crippen molar-refractivity contribution in [2.24, 2.45) is 5.73 Å². The second kappa shape index (κ2) is 6.32. The van der Waals surface area contributed by atoms with Gasteiger partial charge in [0.2, 0.25) is 0 Å². The number of hydrogen-bond donors (Lipinski definition) is 1. The zero-order chi connectivity index (χ0) is 14.9. The number of thiophene rings is 1. The van der Waals surface area contributed by atoms with E-state index in [9.17, 15) is 10.1 Å². The highest BCUT2D eigenvalue weighted by molar-refractivity contribution is 8.01. The summed E-state index contributed by atoms with van der Waals surface area (Å²) in [6.45, 7) is 1.79. The van der Waals surface area contributed by atoms with Crippen molar-refractivity contribution in [1.29, 1.82) is 0 Å². The van der Waals surface area contributed by atoms with Crippen molar-refractivity contribution in [1.82, 2.24) is 0 Å². The van der Waals surface area contributed by atoms with Crippen LogP contribution in [0.4, 0.5) is 5.69 Å². The summed E-state index contributed by atoms with van der Waals surface area (Å²) in [6.07, 6.45) is 0. The van der Waals surface area contributed by atoms with Crippen molar-refractivity contribution in [2.75, 3.05) is 0 Å². The van der Waals surface area contributed by atoms with E-state index < -0.39 is 4.92 Å². The molecular weight excluding hydrogens is 339 g/mol. The molecule has 8 heteroatoms. The van der Waals surface area contributed by atoms with Crippen LogP contribution in [0.2, 0.25) is 10.0 Å². The maximum absolute atomic E-state index is 11.1. The van der Waals surface area contributed by atoms with Gasteiger partial charge in [0.25, 0.3) is 5.69 Å². The van der Waals surface area contributed by atoms with Crippen LogP contribution in [0.1, 0.15) is 17.8 Å². The van der Waals surface area contributed by atoms with E-state index in [0.29, 0.717) is 14.3 Å². The number of hydrogen-bond acceptors (Lipinski definition) is 5.